The van der Waals surface area contributed by atoms with Crippen molar-refractivity contribution in [3.05, 3.63) is 82.5 Å². The van der Waals surface area contributed by atoms with Gasteiger partial charge in [0, 0.05) is 29.8 Å². The van der Waals surface area contributed by atoms with Gasteiger partial charge in [-0.25, -0.2) is 4.79 Å². The molecule has 0 bridgehead atoms. The van der Waals surface area contributed by atoms with Gasteiger partial charge in [0.25, 0.3) is 0 Å². The van der Waals surface area contributed by atoms with Crippen molar-refractivity contribution in [2.75, 3.05) is 13.7 Å². The van der Waals surface area contributed by atoms with Crippen molar-refractivity contribution in [2.45, 2.75) is 30.7 Å². The van der Waals surface area contributed by atoms with Crippen LogP contribution in [0.15, 0.2) is 76.0 Å². The molecule has 44 heavy (non-hydrogen) atoms. The zero-order chi connectivity index (χ0) is 31.5. The first-order chi connectivity index (χ1) is 21.1. The van der Waals surface area contributed by atoms with E-state index in [1.165, 1.54) is 49.6 Å². The summed E-state index contributed by atoms with van der Waals surface area (Å²) in [6, 6.07) is 13.8. The van der Waals surface area contributed by atoms with Crippen LogP contribution >= 0.6 is 0 Å². The lowest BCUT2D eigenvalue weighted by molar-refractivity contribution is -0.280. The van der Waals surface area contributed by atoms with Gasteiger partial charge in [0.2, 0.25) is 6.29 Å². The Morgan fingerprint density at radius 2 is 1.70 bits per heavy atom. The number of carbonyl (C=O) groups is 1. The second-order valence-corrected chi connectivity index (χ2v) is 9.83. The monoisotopic (exact) mass is 608 g/mol. The lowest BCUT2D eigenvalue weighted by Gasteiger charge is -2.41. The van der Waals surface area contributed by atoms with Gasteiger partial charge in [0.15, 0.2) is 23.0 Å². The Bertz CT molecular complexity index is 1740. The minimum atomic E-state index is -1.78. The quantitative estimate of drug-likeness (QED) is 0.125. The molecule has 0 spiro atoms. The third-order valence-corrected chi connectivity index (χ3v) is 6.88. The SMILES string of the molecule is COc1cc(-c2cc(=O)c3c(O)cc(O[C@@H]4O[C@H](CO)[C@@H](OC(=O)/C=C\c5ccc(O)cc5)[C@H](O)[C@H]4O)cc3o2)ccc1O. The minimum Gasteiger partial charge on any atom is -0.508 e. The molecule has 2 heterocycles. The highest BCUT2D eigenvalue weighted by Crippen LogP contribution is 2.35. The Kier molecular flexibility index (Phi) is 8.73. The molecule has 5 rings (SSSR count). The van der Waals surface area contributed by atoms with Crippen LogP contribution in [0.2, 0.25) is 0 Å². The minimum absolute atomic E-state index is 0.0482. The lowest BCUT2D eigenvalue weighted by Crippen LogP contribution is -2.61. The molecule has 230 valence electrons. The molecule has 4 aromatic rings. The largest absolute Gasteiger partial charge is 0.508 e. The Balaban J connectivity index is 1.35. The number of phenolic OH excluding ortho intramolecular Hbond substituents is 3. The molecule has 6 N–H and O–H groups in total. The summed E-state index contributed by atoms with van der Waals surface area (Å²) in [5.41, 5.74) is 0.303. The van der Waals surface area contributed by atoms with Crippen molar-refractivity contribution in [2.24, 2.45) is 0 Å². The molecule has 1 aliphatic rings. The second-order valence-electron chi connectivity index (χ2n) is 9.83. The Labute approximate surface area is 249 Å². The molecule has 1 aliphatic heterocycles. The number of ether oxygens (including phenoxy) is 4. The molecule has 0 amide bonds. The maximum absolute atomic E-state index is 12.8. The Morgan fingerprint density at radius 1 is 0.955 bits per heavy atom. The molecule has 3 aromatic carbocycles. The first-order valence-corrected chi connectivity index (χ1v) is 13.2. The van der Waals surface area contributed by atoms with Crippen LogP contribution in [0.1, 0.15) is 5.56 Å². The van der Waals surface area contributed by atoms with Crippen molar-refractivity contribution in [1.29, 1.82) is 0 Å². The number of carbonyl (C=O) groups excluding carboxylic acids is 1. The van der Waals surface area contributed by atoms with Crippen LogP contribution < -0.4 is 14.9 Å². The molecule has 0 saturated carbocycles. The van der Waals surface area contributed by atoms with Gasteiger partial charge in [-0.1, -0.05) is 12.1 Å². The van der Waals surface area contributed by atoms with Crippen molar-refractivity contribution in [3.8, 4) is 40.1 Å². The van der Waals surface area contributed by atoms with E-state index in [1.807, 2.05) is 0 Å². The van der Waals surface area contributed by atoms with E-state index in [4.69, 9.17) is 23.4 Å². The van der Waals surface area contributed by atoms with Crippen LogP contribution in [0, 0.1) is 0 Å². The molecule has 0 unspecified atom stereocenters. The van der Waals surface area contributed by atoms with E-state index in [9.17, 15) is 40.2 Å². The van der Waals surface area contributed by atoms with Crippen LogP contribution in [0.5, 0.6) is 28.7 Å². The highest BCUT2D eigenvalue weighted by atomic mass is 16.7. The van der Waals surface area contributed by atoms with Gasteiger partial charge < -0.3 is 54.0 Å². The van der Waals surface area contributed by atoms with Crippen LogP contribution in [0.3, 0.4) is 0 Å². The van der Waals surface area contributed by atoms with Crippen molar-refractivity contribution >= 4 is 23.0 Å². The summed E-state index contributed by atoms with van der Waals surface area (Å²) >= 11 is 0. The third kappa shape index (κ3) is 6.31. The van der Waals surface area contributed by atoms with E-state index in [0.717, 1.165) is 18.2 Å². The number of rotatable bonds is 8. The van der Waals surface area contributed by atoms with Crippen LogP contribution in [0.4, 0.5) is 0 Å². The smallest absolute Gasteiger partial charge is 0.331 e. The van der Waals surface area contributed by atoms with Gasteiger partial charge in [-0.15, -0.1) is 0 Å². The van der Waals surface area contributed by atoms with Gasteiger partial charge in [-0.05, 0) is 42.0 Å². The van der Waals surface area contributed by atoms with E-state index in [2.05, 4.69) is 0 Å². The number of aliphatic hydroxyl groups is 3. The first-order valence-electron chi connectivity index (χ1n) is 13.2. The highest BCUT2D eigenvalue weighted by molar-refractivity contribution is 5.87. The predicted molar refractivity (Wildman–Crippen MR) is 153 cm³/mol. The fourth-order valence-corrected chi connectivity index (χ4v) is 4.64. The van der Waals surface area contributed by atoms with E-state index in [0.29, 0.717) is 11.1 Å². The number of fused-ring (bicyclic) bond motifs is 1. The second kappa shape index (κ2) is 12.7. The van der Waals surface area contributed by atoms with Crippen LogP contribution in [-0.2, 0) is 14.3 Å². The molecule has 5 atom stereocenters. The average molecular weight is 609 g/mol. The van der Waals surface area contributed by atoms with Gasteiger partial charge >= 0.3 is 5.97 Å². The van der Waals surface area contributed by atoms with E-state index in [-0.39, 0.29) is 39.7 Å². The number of esters is 1. The molecule has 1 aromatic heterocycles. The van der Waals surface area contributed by atoms with Crippen LogP contribution in [0.25, 0.3) is 28.4 Å². The van der Waals surface area contributed by atoms with Crippen molar-refractivity contribution in [3.63, 3.8) is 0 Å². The van der Waals surface area contributed by atoms with Gasteiger partial charge in [-0.3, -0.25) is 4.79 Å². The van der Waals surface area contributed by atoms with E-state index >= 15 is 0 Å². The summed E-state index contributed by atoms with van der Waals surface area (Å²) in [6.07, 6.45) is -5.44. The molecule has 0 radical (unpaired) electrons. The third-order valence-electron chi connectivity index (χ3n) is 6.88. The fraction of sp³-hybridized carbons (Fsp3) is 0.226. The normalized spacial score (nSPS) is 21.8. The highest BCUT2D eigenvalue weighted by Gasteiger charge is 2.47. The molecular formula is C31H28O13. The van der Waals surface area contributed by atoms with Gasteiger partial charge in [0.05, 0.1) is 13.7 Å². The van der Waals surface area contributed by atoms with Crippen molar-refractivity contribution < 1.29 is 58.8 Å². The van der Waals surface area contributed by atoms with Crippen LogP contribution in [-0.4, -0.2) is 81.0 Å². The van der Waals surface area contributed by atoms with E-state index < -0.39 is 54.5 Å². The predicted octanol–water partition coefficient (Wildman–Crippen LogP) is 2.03. The summed E-state index contributed by atoms with van der Waals surface area (Å²) in [6.45, 7) is -0.722. The van der Waals surface area contributed by atoms with Crippen molar-refractivity contribution in [1.82, 2.24) is 0 Å². The zero-order valence-electron chi connectivity index (χ0n) is 23.1. The van der Waals surface area contributed by atoms with E-state index in [1.54, 1.807) is 12.1 Å². The number of hydrogen-bond donors (Lipinski definition) is 6. The lowest BCUT2D eigenvalue weighted by atomic mass is 9.99. The number of aliphatic hydroxyl groups excluding tert-OH is 3. The average Bonchev–Trinajstić information content (AvgIpc) is 3.00. The standard InChI is InChI=1S/C31H28O13/c1-40-23-10-16(5-8-19(23)34)22-13-21(36)27-20(35)11-18(12-24(27)42-22)41-31-29(39)28(38)30(25(14-32)43-31)44-26(37)9-4-15-2-6-17(33)7-3-15/h2-13,25,28-35,38-39H,14H2,1H3/b9-4-/t25-,28-,29-,30-,31-/m1/s1. The zero-order valence-corrected chi connectivity index (χ0v) is 23.1. The number of aromatic hydroxyl groups is 3. The molecule has 1 fully saturated rings. The molecule has 0 aliphatic carbocycles. The first kappa shape index (κ1) is 30.4. The number of methoxy groups -OCH3 is 1. The Hall–Kier alpha value is -5.08. The maximum atomic E-state index is 12.8. The summed E-state index contributed by atoms with van der Waals surface area (Å²) in [5, 5.41) is 61.1. The molecule has 1 saturated heterocycles. The van der Waals surface area contributed by atoms with Gasteiger partial charge in [0.1, 0.15) is 52.3 Å². The number of phenols is 3. The number of benzene rings is 3. The summed E-state index contributed by atoms with van der Waals surface area (Å²) in [5.74, 6) is -1.37. The maximum Gasteiger partial charge on any atom is 0.331 e. The fourth-order valence-electron chi connectivity index (χ4n) is 4.64. The summed E-state index contributed by atoms with van der Waals surface area (Å²) in [4.78, 5) is 25.2. The molecular weight excluding hydrogens is 580 g/mol. The molecule has 13 heteroatoms. The Morgan fingerprint density at radius 3 is 2.41 bits per heavy atom. The summed E-state index contributed by atoms with van der Waals surface area (Å²) < 4.78 is 27.5. The topological polar surface area (TPSA) is 206 Å². The van der Waals surface area contributed by atoms with Gasteiger partial charge in [-0.2, -0.15) is 0 Å². The number of hydrogen-bond acceptors (Lipinski definition) is 13. The summed E-state index contributed by atoms with van der Waals surface area (Å²) in [7, 11) is 1.36. The molecule has 13 nitrogen and oxygen atoms in total.